The molecule has 3 rings (SSSR count). The Morgan fingerprint density at radius 3 is 2.62 bits per heavy atom. The number of carbonyl (C=O) groups is 2. The third-order valence-electron chi connectivity index (χ3n) is 4.34. The van der Waals surface area contributed by atoms with Gasteiger partial charge in [0.25, 0.3) is 5.91 Å². The molecule has 2 aromatic rings. The van der Waals surface area contributed by atoms with Crippen LogP contribution in [0, 0.1) is 0 Å². The highest BCUT2D eigenvalue weighted by Gasteiger charge is 2.34. The van der Waals surface area contributed by atoms with Crippen molar-refractivity contribution in [2.75, 3.05) is 24.7 Å². The Morgan fingerprint density at radius 1 is 1.23 bits per heavy atom. The molecule has 9 heteroatoms. The van der Waals surface area contributed by atoms with E-state index in [1.54, 1.807) is 31.3 Å². The normalized spacial score (nSPS) is 18.6. The summed E-state index contributed by atoms with van der Waals surface area (Å²) in [5.74, 6) is -0.993. The van der Waals surface area contributed by atoms with Crippen LogP contribution in [0.1, 0.15) is 23.7 Å². The first-order chi connectivity index (χ1) is 12.4. The molecule has 1 amide bonds. The number of sulfone groups is 1. The van der Waals surface area contributed by atoms with Crippen LogP contribution < -0.4 is 0 Å². The lowest BCUT2D eigenvalue weighted by Crippen LogP contribution is -2.43. The molecule has 1 aliphatic rings. The number of rotatable bonds is 5. The maximum absolute atomic E-state index is 12.4. The second-order valence-electron chi connectivity index (χ2n) is 6.07. The van der Waals surface area contributed by atoms with Crippen LogP contribution in [0.15, 0.2) is 30.6 Å². The average molecular weight is 377 g/mol. The molecule has 0 aliphatic carbocycles. The molecule has 0 radical (unpaired) electrons. The van der Waals surface area contributed by atoms with Crippen molar-refractivity contribution in [3.8, 4) is 0 Å². The average Bonchev–Trinajstić information content (AvgIpc) is 2.99. The lowest BCUT2D eigenvalue weighted by molar-refractivity contribution is -0.136. The summed E-state index contributed by atoms with van der Waals surface area (Å²) in [6, 6.07) is 4.41. The summed E-state index contributed by atoms with van der Waals surface area (Å²) < 4.78 is 28.3. The van der Waals surface area contributed by atoms with Gasteiger partial charge in [-0.15, -0.1) is 0 Å². The summed E-state index contributed by atoms with van der Waals surface area (Å²) in [7, 11) is -3.09. The lowest BCUT2D eigenvalue weighted by atomic mass is 10.2. The fourth-order valence-electron chi connectivity index (χ4n) is 3.04. The first-order valence-corrected chi connectivity index (χ1v) is 10.1. The number of carbonyl (C=O) groups excluding carboxylic acids is 2. The molecule has 0 saturated carbocycles. The predicted molar refractivity (Wildman–Crippen MR) is 94.3 cm³/mol. The van der Waals surface area contributed by atoms with Crippen LogP contribution >= 0.6 is 0 Å². The number of hydrogen-bond acceptors (Lipinski definition) is 7. The number of ether oxygens (including phenoxy) is 1. The topological polar surface area (TPSA) is 107 Å². The quantitative estimate of drug-likeness (QED) is 0.710. The highest BCUT2D eigenvalue weighted by atomic mass is 32.2. The molecule has 1 atom stereocenters. The SMILES string of the molecule is CCN(C(=O)COC(=O)c1ccc2nccnc2c1)[C@H]1CCS(=O)(=O)C1. The van der Waals surface area contributed by atoms with E-state index in [1.807, 2.05) is 0 Å². The van der Waals surface area contributed by atoms with Crippen molar-refractivity contribution in [2.45, 2.75) is 19.4 Å². The van der Waals surface area contributed by atoms with Crippen LogP contribution in [-0.4, -0.2) is 65.9 Å². The lowest BCUT2D eigenvalue weighted by Gasteiger charge is -2.26. The Bertz CT molecular complexity index is 944. The maximum atomic E-state index is 12.4. The molecule has 0 N–H and O–H groups in total. The summed E-state index contributed by atoms with van der Waals surface area (Å²) in [6.07, 6.45) is 3.50. The van der Waals surface area contributed by atoms with Gasteiger partial charge in [0, 0.05) is 25.0 Å². The molecule has 1 fully saturated rings. The third kappa shape index (κ3) is 3.98. The van der Waals surface area contributed by atoms with E-state index in [1.165, 1.54) is 11.1 Å². The van der Waals surface area contributed by atoms with Crippen molar-refractivity contribution < 1.29 is 22.7 Å². The van der Waals surface area contributed by atoms with Gasteiger partial charge < -0.3 is 9.64 Å². The van der Waals surface area contributed by atoms with Crippen molar-refractivity contribution in [3.05, 3.63) is 36.2 Å². The fraction of sp³-hybridized carbons (Fsp3) is 0.412. The van der Waals surface area contributed by atoms with E-state index in [9.17, 15) is 18.0 Å². The maximum Gasteiger partial charge on any atom is 0.338 e. The van der Waals surface area contributed by atoms with E-state index in [0.29, 0.717) is 24.0 Å². The Labute approximate surface area is 151 Å². The van der Waals surface area contributed by atoms with E-state index < -0.39 is 28.3 Å². The molecule has 0 unspecified atom stereocenters. The van der Waals surface area contributed by atoms with Crippen molar-refractivity contribution in [1.29, 1.82) is 0 Å². The van der Waals surface area contributed by atoms with Gasteiger partial charge in [0.15, 0.2) is 16.4 Å². The Hall–Kier alpha value is -2.55. The molecular weight excluding hydrogens is 358 g/mol. The second kappa shape index (κ2) is 7.36. The summed E-state index contributed by atoms with van der Waals surface area (Å²) in [6.45, 7) is 1.70. The van der Waals surface area contributed by atoms with E-state index >= 15 is 0 Å². The summed E-state index contributed by atoms with van der Waals surface area (Å²) >= 11 is 0. The Balaban J connectivity index is 1.63. The van der Waals surface area contributed by atoms with E-state index in [4.69, 9.17) is 4.74 Å². The van der Waals surface area contributed by atoms with Gasteiger partial charge in [0.05, 0.1) is 28.1 Å². The molecule has 1 aromatic heterocycles. The van der Waals surface area contributed by atoms with Gasteiger partial charge in [-0.05, 0) is 31.5 Å². The largest absolute Gasteiger partial charge is 0.452 e. The number of amides is 1. The van der Waals surface area contributed by atoms with Crippen LogP contribution in [0.2, 0.25) is 0 Å². The van der Waals surface area contributed by atoms with Crippen LogP contribution in [0.5, 0.6) is 0 Å². The first kappa shape index (κ1) is 18.2. The van der Waals surface area contributed by atoms with Crippen LogP contribution in [0.25, 0.3) is 11.0 Å². The third-order valence-corrected chi connectivity index (χ3v) is 6.09. The molecule has 138 valence electrons. The first-order valence-electron chi connectivity index (χ1n) is 8.27. The molecule has 1 aliphatic heterocycles. The van der Waals surface area contributed by atoms with Gasteiger partial charge in [-0.1, -0.05) is 0 Å². The zero-order valence-corrected chi connectivity index (χ0v) is 15.1. The highest BCUT2D eigenvalue weighted by molar-refractivity contribution is 7.91. The number of fused-ring (bicyclic) bond motifs is 1. The number of hydrogen-bond donors (Lipinski definition) is 0. The van der Waals surface area contributed by atoms with Gasteiger partial charge >= 0.3 is 5.97 Å². The Morgan fingerprint density at radius 2 is 1.96 bits per heavy atom. The van der Waals surface area contributed by atoms with Crippen LogP contribution in [0.3, 0.4) is 0 Å². The number of aromatic nitrogens is 2. The zero-order valence-electron chi connectivity index (χ0n) is 14.3. The summed E-state index contributed by atoms with van der Waals surface area (Å²) in [4.78, 5) is 34.3. The van der Waals surface area contributed by atoms with Gasteiger partial charge in [0.2, 0.25) is 0 Å². The van der Waals surface area contributed by atoms with E-state index in [0.717, 1.165) is 0 Å². The van der Waals surface area contributed by atoms with Crippen LogP contribution in [0.4, 0.5) is 0 Å². The molecule has 8 nitrogen and oxygen atoms in total. The van der Waals surface area contributed by atoms with Crippen LogP contribution in [-0.2, 0) is 19.4 Å². The van der Waals surface area contributed by atoms with Crippen molar-refractivity contribution in [2.24, 2.45) is 0 Å². The predicted octanol–water partition coefficient (Wildman–Crippen LogP) is 0.822. The number of benzene rings is 1. The monoisotopic (exact) mass is 377 g/mol. The number of likely N-dealkylation sites (N-methyl/N-ethyl adjacent to an activating group) is 1. The van der Waals surface area contributed by atoms with Gasteiger partial charge in [-0.2, -0.15) is 0 Å². The Kier molecular flexibility index (Phi) is 5.17. The fourth-order valence-corrected chi connectivity index (χ4v) is 4.77. The smallest absolute Gasteiger partial charge is 0.338 e. The molecule has 26 heavy (non-hydrogen) atoms. The van der Waals surface area contributed by atoms with Crippen molar-refractivity contribution in [3.63, 3.8) is 0 Å². The van der Waals surface area contributed by atoms with Gasteiger partial charge in [-0.3, -0.25) is 14.8 Å². The molecule has 0 bridgehead atoms. The van der Waals surface area contributed by atoms with Crippen molar-refractivity contribution in [1.82, 2.24) is 14.9 Å². The summed E-state index contributed by atoms with van der Waals surface area (Å²) in [5.41, 5.74) is 1.48. The number of nitrogens with zero attached hydrogens (tertiary/aromatic N) is 3. The second-order valence-corrected chi connectivity index (χ2v) is 8.30. The standard InChI is InChI=1S/C17H19N3O5S/c1-2-20(13-5-8-26(23,24)11-13)16(21)10-25-17(22)12-3-4-14-15(9-12)19-7-6-18-14/h3-4,6-7,9,13H,2,5,8,10-11H2,1H3/t13-/m0/s1. The summed E-state index contributed by atoms with van der Waals surface area (Å²) in [5, 5.41) is 0. The molecule has 0 spiro atoms. The minimum Gasteiger partial charge on any atom is -0.452 e. The zero-order chi connectivity index (χ0) is 18.7. The van der Waals surface area contributed by atoms with Gasteiger partial charge in [0.1, 0.15) is 0 Å². The molecule has 2 heterocycles. The minimum absolute atomic E-state index is 0.0378. The highest BCUT2D eigenvalue weighted by Crippen LogP contribution is 2.18. The van der Waals surface area contributed by atoms with E-state index in [2.05, 4.69) is 9.97 Å². The molecule has 1 saturated heterocycles. The molecular formula is C17H19N3O5S. The number of esters is 1. The van der Waals surface area contributed by atoms with Crippen molar-refractivity contribution >= 4 is 32.7 Å². The van der Waals surface area contributed by atoms with E-state index in [-0.39, 0.29) is 23.1 Å². The molecule has 1 aromatic carbocycles. The van der Waals surface area contributed by atoms with Gasteiger partial charge in [-0.25, -0.2) is 13.2 Å². The minimum atomic E-state index is -3.09.